The van der Waals surface area contributed by atoms with Gasteiger partial charge in [-0.25, -0.2) is 4.79 Å². The molecule has 2 N–H and O–H groups in total. The van der Waals surface area contributed by atoms with Crippen molar-refractivity contribution in [3.8, 4) is 0 Å². The van der Waals surface area contributed by atoms with Crippen LogP contribution >= 0.6 is 0 Å². The summed E-state index contributed by atoms with van der Waals surface area (Å²) in [4.78, 5) is 27.2. The Morgan fingerprint density at radius 1 is 1.09 bits per heavy atom. The minimum atomic E-state index is -0.0706. The molecule has 0 bridgehead atoms. The summed E-state index contributed by atoms with van der Waals surface area (Å²) in [6, 6.07) is 7.83. The number of nitrogens with zero attached hydrogens (tertiary/aromatic N) is 2. The number of hydrogen-bond donors (Lipinski definition) is 2. The van der Waals surface area contributed by atoms with E-state index < -0.39 is 0 Å². The number of hydrogen-bond acceptors (Lipinski definition) is 3. The molecule has 1 aromatic rings. The lowest BCUT2D eigenvalue weighted by Crippen LogP contribution is -2.52. The number of nitrogens with one attached hydrogen (secondary N) is 2. The zero-order chi connectivity index (χ0) is 16.8. The monoisotopic (exact) mass is 318 g/mol. The van der Waals surface area contributed by atoms with Crippen molar-refractivity contribution in [1.82, 2.24) is 10.2 Å². The lowest BCUT2D eigenvalue weighted by molar-refractivity contribution is -0.114. The summed E-state index contributed by atoms with van der Waals surface area (Å²) in [6.07, 6.45) is 0. The van der Waals surface area contributed by atoms with E-state index in [9.17, 15) is 9.59 Å². The molecule has 1 aliphatic heterocycles. The molecular formula is C17H26N4O2. The fourth-order valence-corrected chi connectivity index (χ4v) is 2.53. The van der Waals surface area contributed by atoms with Crippen LogP contribution in [0.5, 0.6) is 0 Å². The summed E-state index contributed by atoms with van der Waals surface area (Å²) in [5.41, 5.74) is 1.91. The first-order chi connectivity index (χ1) is 11.0. The van der Waals surface area contributed by atoms with Crippen LogP contribution in [0.1, 0.15) is 20.8 Å². The van der Waals surface area contributed by atoms with Crippen molar-refractivity contribution in [3.05, 3.63) is 24.3 Å². The molecule has 0 radical (unpaired) electrons. The molecule has 2 rings (SSSR count). The van der Waals surface area contributed by atoms with Crippen LogP contribution in [0.2, 0.25) is 0 Å². The van der Waals surface area contributed by atoms with Gasteiger partial charge in [-0.05, 0) is 30.2 Å². The summed E-state index contributed by atoms with van der Waals surface area (Å²) in [5, 5.41) is 5.72. The summed E-state index contributed by atoms with van der Waals surface area (Å²) in [6.45, 7) is 9.45. The molecule has 0 unspecified atom stereocenters. The van der Waals surface area contributed by atoms with Gasteiger partial charge in [0.1, 0.15) is 0 Å². The van der Waals surface area contributed by atoms with Gasteiger partial charge in [0.25, 0.3) is 0 Å². The van der Waals surface area contributed by atoms with Crippen molar-refractivity contribution >= 4 is 23.3 Å². The van der Waals surface area contributed by atoms with Crippen molar-refractivity contribution in [2.24, 2.45) is 5.92 Å². The van der Waals surface area contributed by atoms with Crippen LogP contribution in [0.15, 0.2) is 24.3 Å². The second kappa shape index (κ2) is 7.85. The third-order valence-corrected chi connectivity index (χ3v) is 3.78. The number of carbonyl (C=O) groups excluding carboxylic acids is 2. The van der Waals surface area contributed by atoms with E-state index in [1.165, 1.54) is 6.92 Å². The first kappa shape index (κ1) is 17.1. The molecule has 1 saturated heterocycles. The standard InChI is InChI=1S/C17H26N4O2/c1-13(2)12-18-17(23)21-10-8-20(9-11-21)16-6-4-15(5-7-16)19-14(3)22/h4-7,13H,8-12H2,1-3H3,(H,18,23)(H,19,22). The van der Waals surface area contributed by atoms with Crippen molar-refractivity contribution in [2.75, 3.05) is 42.9 Å². The number of piperazine rings is 1. The normalized spacial score (nSPS) is 14.8. The molecule has 0 saturated carbocycles. The van der Waals surface area contributed by atoms with E-state index >= 15 is 0 Å². The second-order valence-corrected chi connectivity index (χ2v) is 6.28. The van der Waals surface area contributed by atoms with Crippen LogP contribution in [0.3, 0.4) is 0 Å². The average Bonchev–Trinajstić information content (AvgIpc) is 2.53. The predicted molar refractivity (Wildman–Crippen MR) is 92.8 cm³/mol. The van der Waals surface area contributed by atoms with Gasteiger partial charge in [0.05, 0.1) is 0 Å². The minimum Gasteiger partial charge on any atom is -0.368 e. The molecule has 0 atom stereocenters. The fraction of sp³-hybridized carbons (Fsp3) is 0.529. The third kappa shape index (κ3) is 5.16. The Morgan fingerprint density at radius 2 is 1.70 bits per heavy atom. The van der Waals surface area contributed by atoms with Gasteiger partial charge >= 0.3 is 6.03 Å². The lowest BCUT2D eigenvalue weighted by atomic mass is 10.2. The van der Waals surface area contributed by atoms with Crippen molar-refractivity contribution in [3.63, 3.8) is 0 Å². The maximum Gasteiger partial charge on any atom is 0.317 e. The van der Waals surface area contributed by atoms with Crippen LogP contribution in [0.4, 0.5) is 16.2 Å². The lowest BCUT2D eigenvalue weighted by Gasteiger charge is -2.36. The predicted octanol–water partition coefficient (Wildman–Crippen LogP) is 2.13. The van der Waals surface area contributed by atoms with Gasteiger partial charge in [-0.15, -0.1) is 0 Å². The average molecular weight is 318 g/mol. The van der Waals surface area contributed by atoms with E-state index in [-0.39, 0.29) is 11.9 Å². The molecule has 126 valence electrons. The van der Waals surface area contributed by atoms with Gasteiger partial charge in [-0.2, -0.15) is 0 Å². The Kier molecular flexibility index (Phi) is 5.84. The number of carbonyl (C=O) groups is 2. The molecular weight excluding hydrogens is 292 g/mol. The van der Waals surface area contributed by atoms with E-state index in [2.05, 4.69) is 29.4 Å². The van der Waals surface area contributed by atoms with Gasteiger partial charge in [0.15, 0.2) is 0 Å². The molecule has 23 heavy (non-hydrogen) atoms. The first-order valence-corrected chi connectivity index (χ1v) is 8.11. The largest absolute Gasteiger partial charge is 0.368 e. The van der Waals surface area contributed by atoms with Crippen molar-refractivity contribution in [1.29, 1.82) is 0 Å². The Hall–Kier alpha value is -2.24. The summed E-state index contributed by atoms with van der Waals surface area (Å²) in [5.74, 6) is 0.390. The Bertz CT molecular complexity index is 534. The maximum absolute atomic E-state index is 12.0. The minimum absolute atomic E-state index is 0.0272. The highest BCUT2D eigenvalue weighted by Gasteiger charge is 2.21. The van der Waals surface area contributed by atoms with Crippen LogP contribution < -0.4 is 15.5 Å². The smallest absolute Gasteiger partial charge is 0.317 e. The van der Waals surface area contributed by atoms with Gasteiger partial charge in [0.2, 0.25) is 5.91 Å². The first-order valence-electron chi connectivity index (χ1n) is 8.11. The molecule has 1 aliphatic rings. The van der Waals surface area contributed by atoms with Crippen LogP contribution in [-0.4, -0.2) is 49.6 Å². The highest BCUT2D eigenvalue weighted by Crippen LogP contribution is 2.19. The third-order valence-electron chi connectivity index (χ3n) is 3.78. The van der Waals surface area contributed by atoms with E-state index in [0.29, 0.717) is 12.5 Å². The molecule has 0 spiro atoms. The highest BCUT2D eigenvalue weighted by molar-refractivity contribution is 5.88. The highest BCUT2D eigenvalue weighted by atomic mass is 16.2. The zero-order valence-corrected chi connectivity index (χ0v) is 14.1. The van der Waals surface area contributed by atoms with Gasteiger partial charge in [-0.1, -0.05) is 13.8 Å². The van der Waals surface area contributed by atoms with Gasteiger partial charge in [0, 0.05) is 51.0 Å². The van der Waals surface area contributed by atoms with E-state index in [0.717, 1.165) is 37.6 Å². The number of urea groups is 1. The molecule has 3 amide bonds. The van der Waals surface area contributed by atoms with Crippen molar-refractivity contribution in [2.45, 2.75) is 20.8 Å². The molecule has 6 heteroatoms. The van der Waals surface area contributed by atoms with E-state index in [1.54, 1.807) is 0 Å². The topological polar surface area (TPSA) is 64.7 Å². The molecule has 1 fully saturated rings. The SMILES string of the molecule is CC(=O)Nc1ccc(N2CCN(C(=O)NCC(C)C)CC2)cc1. The molecule has 0 aromatic heterocycles. The summed E-state index contributed by atoms with van der Waals surface area (Å²) in [7, 11) is 0. The fourth-order valence-electron chi connectivity index (χ4n) is 2.53. The second-order valence-electron chi connectivity index (χ2n) is 6.28. The number of anilines is 2. The van der Waals surface area contributed by atoms with Crippen LogP contribution in [-0.2, 0) is 4.79 Å². The molecule has 0 aliphatic carbocycles. The van der Waals surface area contributed by atoms with Crippen LogP contribution in [0.25, 0.3) is 0 Å². The van der Waals surface area contributed by atoms with Crippen LogP contribution in [0, 0.1) is 5.92 Å². The molecule has 1 heterocycles. The Balaban J connectivity index is 1.84. The van der Waals surface area contributed by atoms with Gasteiger partial charge < -0.3 is 20.4 Å². The van der Waals surface area contributed by atoms with Gasteiger partial charge in [-0.3, -0.25) is 4.79 Å². The Labute approximate surface area is 137 Å². The zero-order valence-electron chi connectivity index (χ0n) is 14.1. The number of amides is 3. The van der Waals surface area contributed by atoms with Crippen molar-refractivity contribution < 1.29 is 9.59 Å². The summed E-state index contributed by atoms with van der Waals surface area (Å²) < 4.78 is 0. The molecule has 6 nitrogen and oxygen atoms in total. The number of benzene rings is 1. The quantitative estimate of drug-likeness (QED) is 0.894. The van der Waals surface area contributed by atoms with E-state index in [1.807, 2.05) is 29.2 Å². The molecule has 1 aromatic carbocycles. The Morgan fingerprint density at radius 3 is 2.22 bits per heavy atom. The number of rotatable bonds is 4. The van der Waals surface area contributed by atoms with E-state index in [4.69, 9.17) is 0 Å². The summed E-state index contributed by atoms with van der Waals surface area (Å²) >= 11 is 0. The maximum atomic E-state index is 12.0.